The van der Waals surface area contributed by atoms with E-state index < -0.39 is 12.0 Å². The highest BCUT2D eigenvalue weighted by atomic mass is 35.5. The second-order valence-electron chi connectivity index (χ2n) is 7.97. The predicted octanol–water partition coefficient (Wildman–Crippen LogP) is 3.80. The van der Waals surface area contributed by atoms with Crippen LogP contribution in [0, 0.1) is 17.2 Å². The highest BCUT2D eigenvalue weighted by Crippen LogP contribution is 2.35. The number of hydrogen-bond donors (Lipinski definition) is 1. The quantitative estimate of drug-likeness (QED) is 0.700. The molecule has 0 aliphatic carbocycles. The Labute approximate surface area is 198 Å². The Morgan fingerprint density at radius 2 is 1.72 bits per heavy atom. The number of rotatable bonds is 6. The van der Waals surface area contributed by atoms with Crippen molar-refractivity contribution in [1.29, 1.82) is 5.26 Å². The molecular formula is C24H27ClN6S. The molecule has 0 bridgehead atoms. The Hall–Kier alpha value is -2.37. The van der Waals surface area contributed by atoms with E-state index in [1.165, 1.54) is 5.56 Å². The molecule has 0 saturated carbocycles. The second-order valence-corrected chi connectivity index (χ2v) is 9.44. The highest BCUT2D eigenvalue weighted by Gasteiger charge is 2.31. The fourth-order valence-corrected chi connectivity index (χ4v) is 5.15. The average Bonchev–Trinajstić information content (AvgIpc) is 2.81. The Bertz CT molecular complexity index is 1010. The maximum Gasteiger partial charge on any atom is 0.185 e. The van der Waals surface area contributed by atoms with Gasteiger partial charge in [-0.05, 0) is 17.2 Å². The van der Waals surface area contributed by atoms with Crippen LogP contribution in [-0.4, -0.2) is 59.3 Å². The van der Waals surface area contributed by atoms with Crippen LogP contribution in [0.3, 0.4) is 0 Å². The summed E-state index contributed by atoms with van der Waals surface area (Å²) in [6.45, 7) is 6.25. The molecule has 2 aliphatic rings. The average molecular weight is 467 g/mol. The van der Waals surface area contributed by atoms with Crippen LogP contribution >= 0.6 is 23.4 Å². The number of thioether (sulfide) groups is 1. The van der Waals surface area contributed by atoms with Crippen LogP contribution in [0.2, 0.25) is 5.02 Å². The van der Waals surface area contributed by atoms with Gasteiger partial charge in [-0.15, -0.1) is 0 Å². The van der Waals surface area contributed by atoms with Crippen LogP contribution in [0.4, 0.5) is 0 Å². The van der Waals surface area contributed by atoms with Gasteiger partial charge < -0.3 is 5.73 Å². The van der Waals surface area contributed by atoms with Crippen molar-refractivity contribution in [2.75, 3.05) is 38.5 Å². The standard InChI is InChI=1S/C24H27ClN6S/c25-21-9-5-4-8-19(21)22-20(16-26)23(27)29-24(28-22)32-15-14-30-10-12-31(13-11-30)17-18-6-2-1-3-7-18/h1-9,20,22H,10-15,17H2,(H2,27,28,29). The van der Waals surface area contributed by atoms with Gasteiger partial charge >= 0.3 is 0 Å². The molecule has 2 heterocycles. The van der Waals surface area contributed by atoms with Crippen molar-refractivity contribution in [3.8, 4) is 6.07 Å². The smallest absolute Gasteiger partial charge is 0.185 e. The van der Waals surface area contributed by atoms with Gasteiger partial charge in [0.1, 0.15) is 17.8 Å². The number of piperazine rings is 1. The van der Waals surface area contributed by atoms with Gasteiger partial charge in [0, 0.05) is 50.0 Å². The van der Waals surface area contributed by atoms with E-state index in [1.807, 2.05) is 24.3 Å². The number of benzene rings is 2. The summed E-state index contributed by atoms with van der Waals surface area (Å²) in [4.78, 5) is 14.1. The lowest BCUT2D eigenvalue weighted by Gasteiger charge is -2.34. The van der Waals surface area contributed by atoms with Crippen LogP contribution in [0.1, 0.15) is 17.2 Å². The monoisotopic (exact) mass is 466 g/mol. The van der Waals surface area contributed by atoms with Crippen molar-refractivity contribution >= 4 is 34.4 Å². The molecule has 2 N–H and O–H groups in total. The van der Waals surface area contributed by atoms with E-state index in [-0.39, 0.29) is 0 Å². The topological polar surface area (TPSA) is 81.0 Å². The molecule has 6 nitrogen and oxygen atoms in total. The molecule has 0 spiro atoms. The zero-order valence-corrected chi connectivity index (χ0v) is 19.5. The lowest BCUT2D eigenvalue weighted by Crippen LogP contribution is -2.46. The third-order valence-electron chi connectivity index (χ3n) is 5.82. The van der Waals surface area contributed by atoms with Gasteiger partial charge in [-0.2, -0.15) is 5.26 Å². The van der Waals surface area contributed by atoms with Crippen molar-refractivity contribution in [3.63, 3.8) is 0 Å². The summed E-state index contributed by atoms with van der Waals surface area (Å²) in [6.07, 6.45) is 0. The maximum absolute atomic E-state index is 9.59. The fraction of sp³-hybridized carbons (Fsp3) is 0.375. The van der Waals surface area contributed by atoms with Gasteiger partial charge in [0.15, 0.2) is 5.17 Å². The summed E-state index contributed by atoms with van der Waals surface area (Å²) in [5.41, 5.74) is 8.30. The Balaban J connectivity index is 1.29. The van der Waals surface area contributed by atoms with Gasteiger partial charge in [0.25, 0.3) is 0 Å². The van der Waals surface area contributed by atoms with Gasteiger partial charge in [-0.1, -0.05) is 71.9 Å². The van der Waals surface area contributed by atoms with Crippen molar-refractivity contribution in [2.45, 2.75) is 12.6 Å². The summed E-state index contributed by atoms with van der Waals surface area (Å²) in [7, 11) is 0. The molecule has 2 aromatic carbocycles. The fourth-order valence-electron chi connectivity index (χ4n) is 4.01. The first-order chi connectivity index (χ1) is 15.6. The van der Waals surface area contributed by atoms with Gasteiger partial charge in [0.05, 0.1) is 6.07 Å². The maximum atomic E-state index is 9.59. The summed E-state index contributed by atoms with van der Waals surface area (Å²) in [5, 5.41) is 10.8. The number of aliphatic imine (C=N–C) groups is 2. The summed E-state index contributed by atoms with van der Waals surface area (Å²) in [5.74, 6) is 0.585. The molecule has 4 rings (SSSR count). The van der Waals surface area contributed by atoms with Crippen molar-refractivity contribution in [3.05, 3.63) is 70.7 Å². The minimum atomic E-state index is -0.600. The molecular weight excluding hydrogens is 440 g/mol. The van der Waals surface area contributed by atoms with Gasteiger partial charge in [0.2, 0.25) is 0 Å². The number of amidine groups is 2. The minimum Gasteiger partial charge on any atom is -0.386 e. The lowest BCUT2D eigenvalue weighted by molar-refractivity contribution is 0.133. The van der Waals surface area contributed by atoms with E-state index in [9.17, 15) is 5.26 Å². The first-order valence-corrected chi connectivity index (χ1v) is 12.2. The molecule has 1 fully saturated rings. The third-order valence-corrected chi connectivity index (χ3v) is 7.01. The van der Waals surface area contributed by atoms with Crippen LogP contribution < -0.4 is 5.73 Å². The van der Waals surface area contributed by atoms with Gasteiger partial charge in [-0.25, -0.2) is 4.99 Å². The molecule has 2 aromatic rings. The predicted molar refractivity (Wildman–Crippen MR) is 133 cm³/mol. The zero-order valence-electron chi connectivity index (χ0n) is 17.9. The van der Waals surface area contributed by atoms with Crippen LogP contribution in [0.5, 0.6) is 0 Å². The Kier molecular flexibility index (Phi) is 7.82. The third kappa shape index (κ3) is 5.70. The number of nitriles is 1. The van der Waals surface area contributed by atoms with E-state index in [0.29, 0.717) is 16.0 Å². The first kappa shape index (κ1) is 22.8. The SMILES string of the molecule is N#CC1C(N)=NC(SCCN2CCN(Cc3ccccc3)CC2)=NC1c1ccccc1Cl. The summed E-state index contributed by atoms with van der Waals surface area (Å²) >= 11 is 7.96. The molecule has 166 valence electrons. The number of nitrogens with zero attached hydrogens (tertiary/aromatic N) is 5. The molecule has 2 unspecified atom stereocenters. The molecule has 0 aromatic heterocycles. The van der Waals surface area contributed by atoms with Crippen molar-refractivity contribution < 1.29 is 0 Å². The molecule has 1 saturated heterocycles. The first-order valence-electron chi connectivity index (χ1n) is 10.8. The molecule has 8 heteroatoms. The summed E-state index contributed by atoms with van der Waals surface area (Å²) in [6, 6.07) is 19.9. The van der Waals surface area contributed by atoms with E-state index >= 15 is 0 Å². The summed E-state index contributed by atoms with van der Waals surface area (Å²) < 4.78 is 0. The van der Waals surface area contributed by atoms with E-state index in [2.05, 4.69) is 51.2 Å². The minimum absolute atomic E-state index is 0.310. The Morgan fingerprint density at radius 1 is 1.03 bits per heavy atom. The van der Waals surface area contributed by atoms with Gasteiger partial charge in [-0.3, -0.25) is 14.8 Å². The highest BCUT2D eigenvalue weighted by molar-refractivity contribution is 8.13. The van der Waals surface area contributed by atoms with Crippen molar-refractivity contribution in [2.24, 2.45) is 21.6 Å². The van der Waals surface area contributed by atoms with Crippen LogP contribution in [0.15, 0.2) is 64.6 Å². The van der Waals surface area contributed by atoms with E-state index in [4.69, 9.17) is 22.3 Å². The zero-order chi connectivity index (χ0) is 22.3. The Morgan fingerprint density at radius 3 is 2.44 bits per heavy atom. The molecule has 0 amide bonds. The van der Waals surface area contributed by atoms with Crippen molar-refractivity contribution in [1.82, 2.24) is 9.80 Å². The number of hydrogen-bond acceptors (Lipinski definition) is 7. The lowest BCUT2D eigenvalue weighted by atomic mass is 9.93. The number of nitrogens with two attached hydrogens (primary N) is 1. The number of halogens is 1. The normalized spacial score (nSPS) is 22.1. The molecule has 0 radical (unpaired) electrons. The van der Waals surface area contributed by atoms with Crippen LogP contribution in [-0.2, 0) is 6.54 Å². The largest absolute Gasteiger partial charge is 0.386 e. The molecule has 2 atom stereocenters. The second kappa shape index (κ2) is 11.0. The van der Waals surface area contributed by atoms with Crippen LogP contribution in [0.25, 0.3) is 0 Å². The van der Waals surface area contributed by atoms with E-state index in [0.717, 1.165) is 50.6 Å². The molecule has 32 heavy (non-hydrogen) atoms. The van der Waals surface area contributed by atoms with E-state index in [1.54, 1.807) is 11.8 Å². The molecule has 2 aliphatic heterocycles.